The van der Waals surface area contributed by atoms with Crippen molar-refractivity contribution in [3.8, 4) is 0 Å². The molecular formula is C27H28BrCl2N3O4S. The number of carbonyl (C=O) groups excluding carboxylic acids is 2. The number of amides is 2. The number of hydrogen-bond donors (Lipinski definition) is 1. The van der Waals surface area contributed by atoms with Gasteiger partial charge in [-0.1, -0.05) is 75.0 Å². The number of hydrogen-bond acceptors (Lipinski definition) is 4. The van der Waals surface area contributed by atoms with Crippen molar-refractivity contribution < 1.29 is 18.0 Å². The van der Waals surface area contributed by atoms with Crippen LogP contribution in [0.2, 0.25) is 10.0 Å². The molecule has 0 bridgehead atoms. The Morgan fingerprint density at radius 3 is 2.24 bits per heavy atom. The third-order valence-electron chi connectivity index (χ3n) is 5.87. The molecule has 1 atom stereocenters. The Morgan fingerprint density at radius 2 is 1.63 bits per heavy atom. The van der Waals surface area contributed by atoms with E-state index in [-0.39, 0.29) is 33.1 Å². The lowest BCUT2D eigenvalue weighted by Gasteiger charge is -2.32. The van der Waals surface area contributed by atoms with Gasteiger partial charge < -0.3 is 10.2 Å². The van der Waals surface area contributed by atoms with Gasteiger partial charge in [-0.2, -0.15) is 0 Å². The Labute approximate surface area is 241 Å². The van der Waals surface area contributed by atoms with Crippen molar-refractivity contribution in [2.45, 2.75) is 38.3 Å². The van der Waals surface area contributed by atoms with Gasteiger partial charge in [-0.15, -0.1) is 0 Å². The maximum absolute atomic E-state index is 13.8. The molecule has 1 N–H and O–H groups in total. The summed E-state index contributed by atoms with van der Waals surface area (Å²) >= 11 is 16.0. The van der Waals surface area contributed by atoms with Crippen LogP contribution >= 0.6 is 39.1 Å². The van der Waals surface area contributed by atoms with Gasteiger partial charge >= 0.3 is 0 Å². The Balaban J connectivity index is 2.07. The number of aryl methyl sites for hydroxylation is 1. The van der Waals surface area contributed by atoms with Crippen LogP contribution in [0.5, 0.6) is 0 Å². The molecule has 0 radical (unpaired) electrons. The molecule has 0 heterocycles. The van der Waals surface area contributed by atoms with E-state index in [9.17, 15) is 18.0 Å². The highest BCUT2D eigenvalue weighted by molar-refractivity contribution is 9.10. The van der Waals surface area contributed by atoms with Crippen LogP contribution in [0.1, 0.15) is 25.0 Å². The number of benzene rings is 3. The van der Waals surface area contributed by atoms with Crippen molar-refractivity contribution in [3.63, 3.8) is 0 Å². The predicted molar refractivity (Wildman–Crippen MR) is 155 cm³/mol. The summed E-state index contributed by atoms with van der Waals surface area (Å²) in [5.41, 5.74) is 1.71. The van der Waals surface area contributed by atoms with Gasteiger partial charge in [-0.25, -0.2) is 8.42 Å². The zero-order valence-corrected chi connectivity index (χ0v) is 25.0. The number of carbonyl (C=O) groups is 2. The molecule has 3 rings (SSSR count). The third-order valence-corrected chi connectivity index (χ3v) is 8.98. The van der Waals surface area contributed by atoms with Crippen LogP contribution in [0, 0.1) is 6.92 Å². The number of anilines is 1. The van der Waals surface area contributed by atoms with Gasteiger partial charge in [0.25, 0.3) is 10.0 Å². The molecule has 7 nitrogen and oxygen atoms in total. The Kier molecular flexibility index (Phi) is 10.2. The maximum atomic E-state index is 13.8. The molecule has 11 heteroatoms. The van der Waals surface area contributed by atoms with Crippen molar-refractivity contribution in [3.05, 3.63) is 92.4 Å². The van der Waals surface area contributed by atoms with Crippen LogP contribution in [-0.4, -0.2) is 44.3 Å². The quantitative estimate of drug-likeness (QED) is 0.303. The molecule has 0 saturated heterocycles. The Bertz CT molecular complexity index is 1400. The standard InChI is InChI=1S/C27H28BrCl2N3O4S/c1-4-31-27(35)19(3)32(16-20-10-12-21(28)13-11-20)25(34)17-33(24-7-5-6-23(29)26(24)30)38(36,37)22-14-8-18(2)9-15-22/h5-15,19H,4,16-17H2,1-3H3,(H,31,35)/t19-/m0/s1. The van der Waals surface area contributed by atoms with E-state index < -0.39 is 28.5 Å². The van der Waals surface area contributed by atoms with E-state index in [1.165, 1.54) is 29.2 Å². The molecule has 0 aliphatic carbocycles. The van der Waals surface area contributed by atoms with Crippen LogP contribution in [0.15, 0.2) is 76.1 Å². The van der Waals surface area contributed by atoms with Crippen LogP contribution in [0.4, 0.5) is 5.69 Å². The van der Waals surface area contributed by atoms with Crippen molar-refractivity contribution >= 4 is 66.7 Å². The third kappa shape index (κ3) is 7.08. The lowest BCUT2D eigenvalue weighted by Crippen LogP contribution is -2.51. The number of sulfonamides is 1. The summed E-state index contributed by atoms with van der Waals surface area (Å²) in [7, 11) is -4.24. The summed E-state index contributed by atoms with van der Waals surface area (Å²) in [6, 6.07) is 17.3. The monoisotopic (exact) mass is 639 g/mol. The van der Waals surface area contributed by atoms with Gasteiger partial charge in [0.15, 0.2) is 0 Å². The van der Waals surface area contributed by atoms with E-state index in [1.54, 1.807) is 32.0 Å². The lowest BCUT2D eigenvalue weighted by molar-refractivity contribution is -0.139. The first-order valence-electron chi connectivity index (χ1n) is 11.8. The fourth-order valence-electron chi connectivity index (χ4n) is 3.73. The minimum atomic E-state index is -4.24. The van der Waals surface area contributed by atoms with Gasteiger partial charge in [0, 0.05) is 17.6 Å². The number of nitrogens with one attached hydrogen (secondary N) is 1. The van der Waals surface area contributed by atoms with E-state index in [0.717, 1.165) is 19.9 Å². The minimum absolute atomic E-state index is 0.00566. The van der Waals surface area contributed by atoms with Gasteiger partial charge in [-0.05, 0) is 62.7 Å². The summed E-state index contributed by atoms with van der Waals surface area (Å²) in [4.78, 5) is 27.9. The molecule has 3 aromatic carbocycles. The number of rotatable bonds is 10. The van der Waals surface area contributed by atoms with Gasteiger partial charge in [-0.3, -0.25) is 13.9 Å². The van der Waals surface area contributed by atoms with Gasteiger partial charge in [0.1, 0.15) is 12.6 Å². The molecule has 202 valence electrons. The van der Waals surface area contributed by atoms with Crippen LogP contribution in [-0.2, 0) is 26.2 Å². The second kappa shape index (κ2) is 13.0. The van der Waals surface area contributed by atoms with Crippen LogP contribution in [0.3, 0.4) is 0 Å². The highest BCUT2D eigenvalue weighted by atomic mass is 79.9. The molecule has 0 saturated carbocycles. The lowest BCUT2D eigenvalue weighted by atomic mass is 10.1. The van der Waals surface area contributed by atoms with Crippen molar-refractivity contribution in [1.82, 2.24) is 10.2 Å². The first-order valence-corrected chi connectivity index (χ1v) is 14.8. The Morgan fingerprint density at radius 1 is 1.00 bits per heavy atom. The summed E-state index contributed by atoms with van der Waals surface area (Å²) in [5, 5.41) is 2.86. The number of likely N-dealkylation sites (N-methyl/N-ethyl adjacent to an activating group) is 1. The smallest absolute Gasteiger partial charge is 0.264 e. The van der Waals surface area contributed by atoms with E-state index in [2.05, 4.69) is 21.2 Å². The normalized spacial score (nSPS) is 12.1. The fourth-order valence-corrected chi connectivity index (χ4v) is 5.86. The SMILES string of the molecule is CCNC(=O)[C@H](C)N(Cc1ccc(Br)cc1)C(=O)CN(c1cccc(Cl)c1Cl)S(=O)(=O)c1ccc(C)cc1. The molecule has 0 fully saturated rings. The minimum Gasteiger partial charge on any atom is -0.355 e. The summed E-state index contributed by atoms with van der Waals surface area (Å²) < 4.78 is 29.5. The first kappa shape index (κ1) is 30.0. The molecule has 38 heavy (non-hydrogen) atoms. The fraction of sp³-hybridized carbons (Fsp3) is 0.259. The second-order valence-corrected chi connectivity index (χ2v) is 12.2. The van der Waals surface area contributed by atoms with Crippen LogP contribution in [0.25, 0.3) is 0 Å². The highest BCUT2D eigenvalue weighted by Gasteiger charge is 2.33. The molecule has 0 aliphatic rings. The van der Waals surface area contributed by atoms with E-state index >= 15 is 0 Å². The first-order chi connectivity index (χ1) is 17.9. The summed E-state index contributed by atoms with van der Waals surface area (Å²) in [6.07, 6.45) is 0. The molecule has 0 aromatic heterocycles. The van der Waals surface area contributed by atoms with Gasteiger partial charge in [0.05, 0.1) is 20.6 Å². The largest absolute Gasteiger partial charge is 0.355 e. The number of halogens is 3. The molecule has 0 aliphatic heterocycles. The molecule has 0 spiro atoms. The summed E-state index contributed by atoms with van der Waals surface area (Å²) in [5.74, 6) is -0.940. The predicted octanol–water partition coefficient (Wildman–Crippen LogP) is 5.81. The second-order valence-electron chi connectivity index (χ2n) is 8.62. The highest BCUT2D eigenvalue weighted by Crippen LogP contribution is 2.35. The maximum Gasteiger partial charge on any atom is 0.264 e. The van der Waals surface area contributed by atoms with Gasteiger partial charge in [0.2, 0.25) is 11.8 Å². The molecule has 2 amide bonds. The summed E-state index contributed by atoms with van der Waals surface area (Å²) in [6.45, 7) is 5.10. The zero-order chi connectivity index (χ0) is 28.0. The average molecular weight is 641 g/mol. The number of nitrogens with zero attached hydrogens (tertiary/aromatic N) is 2. The van der Waals surface area contributed by atoms with Crippen molar-refractivity contribution in [2.75, 3.05) is 17.4 Å². The average Bonchev–Trinajstić information content (AvgIpc) is 2.88. The van der Waals surface area contributed by atoms with E-state index in [4.69, 9.17) is 23.2 Å². The molecule has 0 unspecified atom stereocenters. The van der Waals surface area contributed by atoms with Crippen molar-refractivity contribution in [2.24, 2.45) is 0 Å². The van der Waals surface area contributed by atoms with Crippen LogP contribution < -0.4 is 9.62 Å². The van der Waals surface area contributed by atoms with Crippen molar-refractivity contribution in [1.29, 1.82) is 0 Å². The van der Waals surface area contributed by atoms with E-state index in [1.807, 2.05) is 31.2 Å². The Hall–Kier alpha value is -2.59. The van der Waals surface area contributed by atoms with E-state index in [0.29, 0.717) is 6.54 Å². The topological polar surface area (TPSA) is 86.8 Å². The molecule has 3 aromatic rings. The zero-order valence-electron chi connectivity index (χ0n) is 21.1. The molecular weight excluding hydrogens is 613 g/mol.